The van der Waals surface area contributed by atoms with Crippen molar-refractivity contribution in [1.82, 2.24) is 4.90 Å². The van der Waals surface area contributed by atoms with Gasteiger partial charge in [-0.3, -0.25) is 4.79 Å². The van der Waals surface area contributed by atoms with Gasteiger partial charge in [-0.25, -0.2) is 8.42 Å². The van der Waals surface area contributed by atoms with Crippen LogP contribution in [0.4, 0.5) is 13.2 Å². The SMILES string of the molecule is CC(C)S(=O)(=O)CC(=O)N1C2CCC1CC(CC(F)(F)F)C2. The Morgan fingerprint density at radius 2 is 1.68 bits per heavy atom. The van der Waals surface area contributed by atoms with Crippen LogP contribution < -0.4 is 0 Å². The van der Waals surface area contributed by atoms with Gasteiger partial charge in [0.05, 0.1) is 5.25 Å². The van der Waals surface area contributed by atoms with E-state index >= 15 is 0 Å². The molecular weight excluding hydrogens is 319 g/mol. The minimum atomic E-state index is -4.18. The highest BCUT2D eigenvalue weighted by Gasteiger charge is 2.46. The predicted molar refractivity (Wildman–Crippen MR) is 76.0 cm³/mol. The standard InChI is InChI=1S/C14H22F3NO3S/c1-9(2)22(20,21)8-13(19)18-11-3-4-12(18)6-10(5-11)7-14(15,16)17/h9-12H,3-8H2,1-2H3. The highest BCUT2D eigenvalue weighted by molar-refractivity contribution is 7.92. The number of piperidine rings is 1. The fourth-order valence-electron chi connectivity index (χ4n) is 3.60. The molecule has 22 heavy (non-hydrogen) atoms. The second-order valence-corrected chi connectivity index (χ2v) is 9.26. The topological polar surface area (TPSA) is 54.5 Å². The Bertz CT molecular complexity index is 516. The van der Waals surface area contributed by atoms with Gasteiger partial charge in [0, 0.05) is 18.5 Å². The van der Waals surface area contributed by atoms with E-state index in [-0.39, 0.29) is 12.1 Å². The van der Waals surface area contributed by atoms with E-state index in [9.17, 15) is 26.4 Å². The number of hydrogen-bond acceptors (Lipinski definition) is 3. The maximum Gasteiger partial charge on any atom is 0.389 e. The van der Waals surface area contributed by atoms with Crippen LogP contribution in [0.15, 0.2) is 0 Å². The summed E-state index contributed by atoms with van der Waals surface area (Å²) in [6.45, 7) is 3.04. The molecule has 2 bridgehead atoms. The highest BCUT2D eigenvalue weighted by Crippen LogP contribution is 2.42. The van der Waals surface area contributed by atoms with Crippen LogP contribution in [0.3, 0.4) is 0 Å². The largest absolute Gasteiger partial charge is 0.389 e. The monoisotopic (exact) mass is 341 g/mol. The summed E-state index contributed by atoms with van der Waals surface area (Å²) < 4.78 is 61.3. The summed E-state index contributed by atoms with van der Waals surface area (Å²) in [4.78, 5) is 13.8. The van der Waals surface area contributed by atoms with Crippen molar-refractivity contribution in [3.05, 3.63) is 0 Å². The molecule has 0 aromatic rings. The van der Waals surface area contributed by atoms with Crippen LogP contribution in [0.1, 0.15) is 46.0 Å². The first-order valence-electron chi connectivity index (χ1n) is 7.59. The molecule has 1 amide bonds. The van der Waals surface area contributed by atoms with Gasteiger partial charge >= 0.3 is 6.18 Å². The van der Waals surface area contributed by atoms with E-state index in [1.54, 1.807) is 4.90 Å². The molecule has 2 aliphatic heterocycles. The van der Waals surface area contributed by atoms with E-state index in [1.807, 2.05) is 0 Å². The van der Waals surface area contributed by atoms with Crippen LogP contribution in [0.2, 0.25) is 0 Å². The molecule has 128 valence electrons. The molecule has 0 radical (unpaired) electrons. The smallest absolute Gasteiger partial charge is 0.336 e. The maximum atomic E-state index is 12.5. The third-order valence-electron chi connectivity index (χ3n) is 4.68. The summed E-state index contributed by atoms with van der Waals surface area (Å²) in [5.41, 5.74) is 0. The van der Waals surface area contributed by atoms with Crippen molar-refractivity contribution < 1.29 is 26.4 Å². The summed E-state index contributed by atoms with van der Waals surface area (Å²) >= 11 is 0. The number of alkyl halides is 3. The summed E-state index contributed by atoms with van der Waals surface area (Å²) in [7, 11) is -3.48. The second-order valence-electron chi connectivity index (χ2n) is 6.70. The molecule has 0 N–H and O–H groups in total. The number of sulfone groups is 1. The predicted octanol–water partition coefficient (Wildman–Crippen LogP) is 2.53. The molecule has 0 aliphatic carbocycles. The Morgan fingerprint density at radius 3 is 2.09 bits per heavy atom. The summed E-state index contributed by atoms with van der Waals surface area (Å²) in [5, 5.41) is -0.628. The molecule has 2 unspecified atom stereocenters. The number of carbonyl (C=O) groups excluding carboxylic acids is 1. The number of rotatable bonds is 4. The van der Waals surface area contributed by atoms with Gasteiger partial charge in [-0.2, -0.15) is 13.2 Å². The average molecular weight is 341 g/mol. The molecule has 2 aliphatic rings. The summed E-state index contributed by atoms with van der Waals surface area (Å²) in [6.07, 6.45) is -3.00. The van der Waals surface area contributed by atoms with Gasteiger partial charge in [0.2, 0.25) is 5.91 Å². The lowest BCUT2D eigenvalue weighted by Crippen LogP contribution is -2.49. The quantitative estimate of drug-likeness (QED) is 0.790. The molecule has 0 saturated carbocycles. The maximum absolute atomic E-state index is 12.5. The van der Waals surface area contributed by atoms with Crippen molar-refractivity contribution in [2.45, 2.75) is 69.5 Å². The van der Waals surface area contributed by atoms with Gasteiger partial charge in [-0.1, -0.05) is 0 Å². The molecule has 2 rings (SSSR count). The lowest BCUT2D eigenvalue weighted by Gasteiger charge is -2.39. The molecule has 8 heteroatoms. The van der Waals surface area contributed by atoms with Crippen molar-refractivity contribution in [2.24, 2.45) is 5.92 Å². The van der Waals surface area contributed by atoms with Crippen LogP contribution in [0.5, 0.6) is 0 Å². The lowest BCUT2D eigenvalue weighted by atomic mass is 9.88. The second kappa shape index (κ2) is 6.02. The van der Waals surface area contributed by atoms with Crippen molar-refractivity contribution in [3.63, 3.8) is 0 Å². The zero-order chi connectivity index (χ0) is 16.7. The first kappa shape index (κ1) is 17.6. The van der Waals surface area contributed by atoms with E-state index < -0.39 is 45.3 Å². The Labute approximate surface area is 129 Å². The molecular formula is C14H22F3NO3S. The third-order valence-corrected chi connectivity index (χ3v) is 6.77. The normalized spacial score (nSPS) is 29.2. The minimum absolute atomic E-state index is 0.235. The molecule has 4 nitrogen and oxygen atoms in total. The van der Waals surface area contributed by atoms with Gasteiger partial charge in [0.1, 0.15) is 5.75 Å². The Hall–Kier alpha value is -0.790. The number of carbonyl (C=O) groups is 1. The van der Waals surface area contributed by atoms with E-state index in [2.05, 4.69) is 0 Å². The van der Waals surface area contributed by atoms with Gasteiger partial charge in [-0.05, 0) is 45.4 Å². The fraction of sp³-hybridized carbons (Fsp3) is 0.929. The van der Waals surface area contributed by atoms with Gasteiger partial charge in [-0.15, -0.1) is 0 Å². The molecule has 0 spiro atoms. The summed E-state index contributed by atoms with van der Waals surface area (Å²) in [6, 6.07) is -0.470. The van der Waals surface area contributed by atoms with Crippen LogP contribution >= 0.6 is 0 Å². The van der Waals surface area contributed by atoms with E-state index in [0.717, 1.165) is 0 Å². The van der Waals surface area contributed by atoms with E-state index in [0.29, 0.717) is 25.7 Å². The number of halogens is 3. The zero-order valence-corrected chi connectivity index (χ0v) is 13.6. The van der Waals surface area contributed by atoms with Crippen LogP contribution in [-0.2, 0) is 14.6 Å². The van der Waals surface area contributed by atoms with Crippen molar-refractivity contribution in [3.8, 4) is 0 Å². The van der Waals surface area contributed by atoms with Crippen LogP contribution in [0.25, 0.3) is 0 Å². The number of nitrogens with zero attached hydrogens (tertiary/aromatic N) is 1. The van der Waals surface area contributed by atoms with Crippen LogP contribution in [-0.4, -0.2) is 48.5 Å². The van der Waals surface area contributed by atoms with Gasteiger partial charge in [0.15, 0.2) is 9.84 Å². The lowest BCUT2D eigenvalue weighted by molar-refractivity contribution is -0.152. The number of fused-ring (bicyclic) bond motifs is 2. The van der Waals surface area contributed by atoms with Crippen molar-refractivity contribution in [1.29, 1.82) is 0 Å². The molecule has 2 fully saturated rings. The average Bonchev–Trinajstić information content (AvgIpc) is 2.59. The van der Waals surface area contributed by atoms with Gasteiger partial charge in [0.25, 0.3) is 0 Å². The van der Waals surface area contributed by atoms with Crippen LogP contribution in [0, 0.1) is 5.92 Å². The summed E-state index contributed by atoms with van der Waals surface area (Å²) in [5.74, 6) is -1.45. The Balaban J connectivity index is 2.02. The Kier molecular flexibility index (Phi) is 4.80. The minimum Gasteiger partial charge on any atom is -0.336 e. The third kappa shape index (κ3) is 3.94. The Morgan fingerprint density at radius 1 is 1.18 bits per heavy atom. The molecule has 0 aromatic carbocycles. The zero-order valence-electron chi connectivity index (χ0n) is 12.8. The first-order chi connectivity index (χ1) is 9.99. The highest BCUT2D eigenvalue weighted by atomic mass is 32.2. The first-order valence-corrected chi connectivity index (χ1v) is 9.30. The fourth-order valence-corrected chi connectivity index (χ4v) is 4.43. The van der Waals surface area contributed by atoms with E-state index in [4.69, 9.17) is 0 Å². The number of amides is 1. The van der Waals surface area contributed by atoms with Crippen molar-refractivity contribution >= 4 is 15.7 Å². The van der Waals surface area contributed by atoms with Gasteiger partial charge < -0.3 is 4.90 Å². The molecule has 0 aromatic heterocycles. The number of hydrogen-bond donors (Lipinski definition) is 0. The van der Waals surface area contributed by atoms with E-state index in [1.165, 1.54) is 13.8 Å². The molecule has 2 heterocycles. The molecule has 2 atom stereocenters. The van der Waals surface area contributed by atoms with Crippen molar-refractivity contribution in [2.75, 3.05) is 5.75 Å². The molecule has 2 saturated heterocycles.